The van der Waals surface area contributed by atoms with E-state index in [1.807, 2.05) is 6.92 Å². The van der Waals surface area contributed by atoms with Crippen molar-refractivity contribution < 1.29 is 18.0 Å². The lowest BCUT2D eigenvalue weighted by Crippen LogP contribution is -2.28. The number of carbonyl (C=O) groups is 1. The van der Waals surface area contributed by atoms with Gasteiger partial charge in [0.25, 0.3) is 5.91 Å². The fourth-order valence-corrected chi connectivity index (χ4v) is 1.55. The summed E-state index contributed by atoms with van der Waals surface area (Å²) in [6, 6.07) is 0. The lowest BCUT2D eigenvalue weighted by atomic mass is 10.3. The summed E-state index contributed by atoms with van der Waals surface area (Å²) in [7, 11) is -3.22. The molecule has 15 heavy (non-hydrogen) atoms. The molecule has 0 aliphatic rings. The van der Waals surface area contributed by atoms with Crippen molar-refractivity contribution in [2.75, 3.05) is 18.6 Å². The highest BCUT2D eigenvalue weighted by Gasteiger charge is 2.12. The highest BCUT2D eigenvalue weighted by molar-refractivity contribution is 7.90. The lowest BCUT2D eigenvalue weighted by Gasteiger charge is -2.06. The second kappa shape index (κ2) is 6.58. The van der Waals surface area contributed by atoms with Gasteiger partial charge in [0.05, 0.1) is 12.4 Å². The molecular formula is C9H17NO4S. The van der Waals surface area contributed by atoms with Crippen LogP contribution in [0.1, 0.15) is 19.8 Å². The van der Waals surface area contributed by atoms with Gasteiger partial charge in [0, 0.05) is 11.8 Å². The summed E-state index contributed by atoms with van der Waals surface area (Å²) in [6.45, 7) is 5.77. The Hall–Kier alpha value is -0.880. The zero-order valence-corrected chi connectivity index (χ0v) is 9.89. The Morgan fingerprint density at radius 3 is 2.53 bits per heavy atom. The van der Waals surface area contributed by atoms with Crippen LogP contribution in [-0.2, 0) is 19.5 Å². The number of sulfone groups is 1. The third-order valence-electron chi connectivity index (χ3n) is 1.52. The number of amides is 1. The van der Waals surface area contributed by atoms with Crippen LogP contribution in [0.4, 0.5) is 0 Å². The first-order valence-corrected chi connectivity index (χ1v) is 6.70. The van der Waals surface area contributed by atoms with Gasteiger partial charge in [-0.1, -0.05) is 19.9 Å². The van der Waals surface area contributed by atoms with Crippen LogP contribution in [0.5, 0.6) is 0 Å². The van der Waals surface area contributed by atoms with Crippen LogP contribution in [0.25, 0.3) is 0 Å². The molecule has 0 saturated carbocycles. The molecule has 0 radical (unpaired) electrons. The van der Waals surface area contributed by atoms with Crippen molar-refractivity contribution in [3.63, 3.8) is 0 Å². The van der Waals surface area contributed by atoms with E-state index >= 15 is 0 Å². The van der Waals surface area contributed by atoms with Gasteiger partial charge in [0.2, 0.25) is 0 Å². The van der Waals surface area contributed by atoms with Gasteiger partial charge < -0.3 is 0 Å². The molecule has 1 amide bonds. The van der Waals surface area contributed by atoms with Crippen LogP contribution >= 0.6 is 0 Å². The van der Waals surface area contributed by atoms with E-state index in [1.54, 1.807) is 0 Å². The second-order valence-electron chi connectivity index (χ2n) is 3.31. The molecule has 0 aromatic carbocycles. The van der Waals surface area contributed by atoms with Gasteiger partial charge in [-0.25, -0.2) is 13.9 Å². The number of hydroxylamine groups is 1. The first-order valence-electron chi connectivity index (χ1n) is 4.64. The molecule has 0 aliphatic heterocycles. The first-order chi connectivity index (χ1) is 6.87. The summed E-state index contributed by atoms with van der Waals surface area (Å²) in [5.41, 5.74) is 2.12. The van der Waals surface area contributed by atoms with Crippen molar-refractivity contribution >= 4 is 15.7 Å². The van der Waals surface area contributed by atoms with E-state index in [-0.39, 0.29) is 11.3 Å². The minimum atomic E-state index is -3.22. The van der Waals surface area contributed by atoms with Crippen molar-refractivity contribution in [3.8, 4) is 0 Å². The molecule has 0 aromatic rings. The smallest absolute Gasteiger partial charge is 0.271 e. The molecule has 0 bridgehead atoms. The maximum atomic E-state index is 11.2. The van der Waals surface area contributed by atoms with E-state index in [1.165, 1.54) is 0 Å². The van der Waals surface area contributed by atoms with Crippen LogP contribution < -0.4 is 5.48 Å². The summed E-state index contributed by atoms with van der Waals surface area (Å²) in [4.78, 5) is 16.0. The molecule has 0 aromatic heterocycles. The summed E-state index contributed by atoms with van der Waals surface area (Å²) < 4.78 is 21.7. The van der Waals surface area contributed by atoms with Crippen LogP contribution in [0.15, 0.2) is 12.2 Å². The largest absolute Gasteiger partial charge is 0.273 e. The van der Waals surface area contributed by atoms with Crippen molar-refractivity contribution in [1.82, 2.24) is 5.48 Å². The van der Waals surface area contributed by atoms with Gasteiger partial charge in [0.1, 0.15) is 0 Å². The maximum Gasteiger partial charge on any atom is 0.271 e. The van der Waals surface area contributed by atoms with Crippen molar-refractivity contribution in [2.24, 2.45) is 0 Å². The Balaban J connectivity index is 3.86. The fourth-order valence-electron chi connectivity index (χ4n) is 0.787. The number of hydrogen-bond donors (Lipinski definition) is 1. The summed E-state index contributed by atoms with van der Waals surface area (Å²) >= 11 is 0. The Labute approximate surface area is 90.4 Å². The molecular weight excluding hydrogens is 218 g/mol. The number of unbranched alkanes of at least 4 members (excludes halogenated alkanes) is 1. The Morgan fingerprint density at radius 2 is 2.07 bits per heavy atom. The predicted octanol–water partition coefficient (Wildman–Crippen LogP) is 0.435. The molecule has 88 valence electrons. The van der Waals surface area contributed by atoms with Crippen molar-refractivity contribution in [3.05, 3.63) is 12.2 Å². The van der Waals surface area contributed by atoms with E-state index in [4.69, 9.17) is 4.84 Å². The average Bonchev–Trinajstić information content (AvgIpc) is 2.09. The molecule has 1 N–H and O–H groups in total. The zero-order valence-electron chi connectivity index (χ0n) is 9.08. The second-order valence-corrected chi connectivity index (χ2v) is 5.45. The average molecular weight is 235 g/mol. The Kier molecular flexibility index (Phi) is 6.19. The number of rotatable bonds is 7. The van der Waals surface area contributed by atoms with Gasteiger partial charge in [-0.3, -0.25) is 9.63 Å². The molecule has 0 heterocycles. The Bertz CT molecular complexity index is 321. The maximum absolute atomic E-state index is 11.2. The summed E-state index contributed by atoms with van der Waals surface area (Å²) in [5, 5.41) is 0. The molecule has 5 nitrogen and oxygen atoms in total. The monoisotopic (exact) mass is 235 g/mol. The molecule has 0 rings (SSSR count). The topological polar surface area (TPSA) is 72.5 Å². The van der Waals surface area contributed by atoms with Gasteiger partial charge in [-0.2, -0.15) is 0 Å². The van der Waals surface area contributed by atoms with Gasteiger partial charge in [-0.15, -0.1) is 0 Å². The van der Waals surface area contributed by atoms with Gasteiger partial charge in [0.15, 0.2) is 9.84 Å². The van der Waals surface area contributed by atoms with E-state index in [2.05, 4.69) is 12.1 Å². The van der Waals surface area contributed by atoms with Crippen LogP contribution in [0.2, 0.25) is 0 Å². The first kappa shape index (κ1) is 14.1. The third-order valence-corrected chi connectivity index (χ3v) is 2.40. The molecule has 0 unspecified atom stereocenters. The minimum Gasteiger partial charge on any atom is -0.273 e. The van der Waals surface area contributed by atoms with E-state index in [0.29, 0.717) is 6.61 Å². The number of carbonyl (C=O) groups excluding carboxylic acids is 1. The SMILES string of the molecule is C=C(CS(C)(=O)=O)C(=O)NOCCCC. The molecule has 0 saturated heterocycles. The summed E-state index contributed by atoms with van der Waals surface area (Å²) in [6.07, 6.45) is 2.84. The molecule has 0 spiro atoms. The van der Waals surface area contributed by atoms with Gasteiger partial charge >= 0.3 is 0 Å². The standard InChI is InChI=1S/C9H17NO4S/c1-4-5-6-14-10-9(11)8(2)7-15(3,12)13/h2,4-7H2,1,3H3,(H,10,11). The highest BCUT2D eigenvalue weighted by atomic mass is 32.2. The van der Waals surface area contributed by atoms with E-state index < -0.39 is 15.7 Å². The van der Waals surface area contributed by atoms with Crippen LogP contribution in [0.3, 0.4) is 0 Å². The molecule has 0 fully saturated rings. The van der Waals surface area contributed by atoms with E-state index in [0.717, 1.165) is 19.1 Å². The van der Waals surface area contributed by atoms with Crippen molar-refractivity contribution in [1.29, 1.82) is 0 Å². The summed E-state index contributed by atoms with van der Waals surface area (Å²) in [5.74, 6) is -0.938. The number of nitrogens with one attached hydrogen (secondary N) is 1. The molecule has 6 heteroatoms. The highest BCUT2D eigenvalue weighted by Crippen LogP contribution is 1.96. The quantitative estimate of drug-likeness (QED) is 0.395. The molecule has 0 aliphatic carbocycles. The predicted molar refractivity (Wildman–Crippen MR) is 57.9 cm³/mol. The normalized spacial score (nSPS) is 11.1. The van der Waals surface area contributed by atoms with Crippen molar-refractivity contribution in [2.45, 2.75) is 19.8 Å². The molecule has 0 atom stereocenters. The van der Waals surface area contributed by atoms with E-state index in [9.17, 15) is 13.2 Å². The fraction of sp³-hybridized carbons (Fsp3) is 0.667. The minimum absolute atomic E-state index is 0.0194. The Morgan fingerprint density at radius 1 is 1.47 bits per heavy atom. The van der Waals surface area contributed by atoms with Gasteiger partial charge in [-0.05, 0) is 6.42 Å². The van der Waals surface area contributed by atoms with Crippen LogP contribution in [0, 0.1) is 0 Å². The lowest BCUT2D eigenvalue weighted by molar-refractivity contribution is -0.129. The zero-order chi connectivity index (χ0) is 11.9. The van der Waals surface area contributed by atoms with Crippen LogP contribution in [-0.4, -0.2) is 32.9 Å². The number of hydrogen-bond acceptors (Lipinski definition) is 4. The third kappa shape index (κ3) is 8.14.